The van der Waals surface area contributed by atoms with Crippen molar-refractivity contribution in [2.45, 2.75) is 38.1 Å². The molecule has 2 amide bonds. The van der Waals surface area contributed by atoms with Crippen molar-refractivity contribution in [3.05, 3.63) is 59.4 Å². The number of morpholine rings is 1. The van der Waals surface area contributed by atoms with Gasteiger partial charge in [-0.25, -0.2) is 13.2 Å². The molecule has 0 spiro atoms. The van der Waals surface area contributed by atoms with Gasteiger partial charge in [-0.3, -0.25) is 9.59 Å². The van der Waals surface area contributed by atoms with E-state index in [1.165, 1.54) is 18.2 Å². The summed E-state index contributed by atoms with van der Waals surface area (Å²) in [6.45, 7) is 5.31. The highest BCUT2D eigenvalue weighted by atomic mass is 19.1. The molecule has 0 atom stereocenters. The van der Waals surface area contributed by atoms with E-state index < -0.39 is 23.0 Å². The Morgan fingerprint density at radius 3 is 2.36 bits per heavy atom. The summed E-state index contributed by atoms with van der Waals surface area (Å²) in [5, 5.41) is 3.30. The number of benzene rings is 2. The number of fused-ring (bicyclic) bond motifs is 1. The van der Waals surface area contributed by atoms with Crippen LogP contribution in [0.4, 0.5) is 13.2 Å². The van der Waals surface area contributed by atoms with Gasteiger partial charge in [-0.05, 0) is 74.1 Å². The molecule has 1 aromatic heterocycles. The van der Waals surface area contributed by atoms with Crippen LogP contribution >= 0.6 is 0 Å². The predicted molar refractivity (Wildman–Crippen MR) is 129 cm³/mol. The number of carbonyl (C=O) groups excluding carboxylic acids is 2. The highest BCUT2D eigenvalue weighted by Crippen LogP contribution is 2.48. The molecule has 2 aliphatic rings. The lowest BCUT2D eigenvalue weighted by Gasteiger charge is -2.39. The molecular weight excluding hydrogens is 471 g/mol. The number of aromatic amines is 1. The van der Waals surface area contributed by atoms with Gasteiger partial charge < -0.3 is 19.9 Å². The predicted octanol–water partition coefficient (Wildman–Crippen LogP) is 4.50. The summed E-state index contributed by atoms with van der Waals surface area (Å²) in [5.41, 5.74) is 1.05. The summed E-state index contributed by atoms with van der Waals surface area (Å²) in [5.74, 6) is -2.65. The van der Waals surface area contributed by atoms with E-state index in [4.69, 9.17) is 4.74 Å². The van der Waals surface area contributed by atoms with Crippen molar-refractivity contribution in [2.24, 2.45) is 5.92 Å². The third-order valence-corrected chi connectivity index (χ3v) is 7.18. The van der Waals surface area contributed by atoms with Gasteiger partial charge in [0.25, 0.3) is 0 Å². The zero-order valence-corrected chi connectivity index (χ0v) is 20.2. The number of aromatic nitrogens is 1. The Morgan fingerprint density at radius 1 is 1.03 bits per heavy atom. The Bertz CT molecular complexity index is 1310. The molecule has 1 saturated heterocycles. The first kappa shape index (κ1) is 24.4. The monoisotopic (exact) mass is 499 g/mol. The van der Waals surface area contributed by atoms with Crippen molar-refractivity contribution >= 4 is 22.7 Å². The molecule has 36 heavy (non-hydrogen) atoms. The third kappa shape index (κ3) is 4.48. The largest absolute Gasteiger partial charge is 0.378 e. The van der Waals surface area contributed by atoms with E-state index in [0.717, 1.165) is 6.07 Å². The number of rotatable bonds is 5. The molecule has 1 saturated carbocycles. The van der Waals surface area contributed by atoms with Crippen LogP contribution in [-0.2, 0) is 14.3 Å². The fraction of sp³-hybridized carbons (Fsp3) is 0.407. The minimum Gasteiger partial charge on any atom is -0.378 e. The van der Waals surface area contributed by atoms with Gasteiger partial charge in [0.05, 0.1) is 24.4 Å². The molecule has 2 N–H and O–H groups in total. The summed E-state index contributed by atoms with van der Waals surface area (Å²) in [6, 6.07) is 7.90. The van der Waals surface area contributed by atoms with E-state index in [1.807, 2.05) is 0 Å². The summed E-state index contributed by atoms with van der Waals surface area (Å²) < 4.78 is 47.5. The standard InChI is InChI=1S/C27H28F3N3O3/c1-27(2,26(35)33-7-9-36-10-8-33)32-25(34)17-11-16(12-17)22-20-13-19(29)14-21(30)24(20)31-23(22)15-3-5-18(28)6-4-15/h3-6,13-14,16-17,31H,7-12H2,1-2H3,(H,32,34)/t16-,17-. The maximum absolute atomic E-state index is 14.6. The zero-order chi connectivity index (χ0) is 25.6. The molecule has 0 radical (unpaired) electrons. The van der Waals surface area contributed by atoms with Gasteiger partial charge in [0, 0.05) is 30.5 Å². The lowest BCUT2D eigenvalue weighted by molar-refractivity contribution is -0.145. The van der Waals surface area contributed by atoms with Crippen molar-refractivity contribution in [1.29, 1.82) is 0 Å². The molecule has 190 valence electrons. The molecule has 0 unspecified atom stereocenters. The van der Waals surface area contributed by atoms with Crippen LogP contribution in [0.5, 0.6) is 0 Å². The van der Waals surface area contributed by atoms with E-state index in [0.29, 0.717) is 61.4 Å². The average molecular weight is 500 g/mol. The van der Waals surface area contributed by atoms with Crippen LogP contribution < -0.4 is 5.32 Å². The number of carbonyl (C=O) groups is 2. The average Bonchev–Trinajstić information content (AvgIpc) is 3.17. The molecule has 2 heterocycles. The van der Waals surface area contributed by atoms with Crippen LogP contribution in [0.1, 0.15) is 38.2 Å². The molecule has 2 fully saturated rings. The molecule has 2 aromatic carbocycles. The van der Waals surface area contributed by atoms with Gasteiger partial charge >= 0.3 is 0 Å². The molecule has 3 aromatic rings. The Hall–Kier alpha value is -3.33. The topological polar surface area (TPSA) is 74.4 Å². The van der Waals surface area contributed by atoms with Gasteiger partial charge in [0.2, 0.25) is 11.8 Å². The number of ether oxygens (including phenoxy) is 1. The smallest absolute Gasteiger partial charge is 0.247 e. The van der Waals surface area contributed by atoms with Crippen LogP contribution in [0.2, 0.25) is 0 Å². The van der Waals surface area contributed by atoms with E-state index in [-0.39, 0.29) is 29.2 Å². The van der Waals surface area contributed by atoms with Gasteiger partial charge in [-0.1, -0.05) is 0 Å². The molecule has 6 nitrogen and oxygen atoms in total. The molecule has 5 rings (SSSR count). The molecular formula is C27H28F3N3O3. The molecule has 0 bridgehead atoms. The molecule has 1 aliphatic heterocycles. The number of nitrogens with zero attached hydrogens (tertiary/aromatic N) is 1. The van der Waals surface area contributed by atoms with Crippen molar-refractivity contribution in [3.8, 4) is 11.3 Å². The van der Waals surface area contributed by atoms with E-state index >= 15 is 0 Å². The molecule has 1 aliphatic carbocycles. The summed E-state index contributed by atoms with van der Waals surface area (Å²) in [7, 11) is 0. The number of hydrogen-bond acceptors (Lipinski definition) is 3. The van der Waals surface area contributed by atoms with Crippen LogP contribution in [0.3, 0.4) is 0 Å². The summed E-state index contributed by atoms with van der Waals surface area (Å²) in [4.78, 5) is 30.7. The van der Waals surface area contributed by atoms with Crippen LogP contribution in [0, 0.1) is 23.4 Å². The second kappa shape index (κ2) is 9.28. The number of hydrogen-bond donors (Lipinski definition) is 2. The fourth-order valence-corrected chi connectivity index (χ4v) is 5.20. The maximum atomic E-state index is 14.6. The van der Waals surface area contributed by atoms with Crippen molar-refractivity contribution in [2.75, 3.05) is 26.3 Å². The van der Waals surface area contributed by atoms with E-state index in [9.17, 15) is 22.8 Å². The quantitative estimate of drug-likeness (QED) is 0.543. The fourth-order valence-electron chi connectivity index (χ4n) is 5.20. The second-order valence-corrected chi connectivity index (χ2v) is 10.1. The lowest BCUT2D eigenvalue weighted by Crippen LogP contribution is -2.59. The number of halogens is 3. The van der Waals surface area contributed by atoms with Crippen molar-refractivity contribution in [1.82, 2.24) is 15.2 Å². The minimum atomic E-state index is -1.06. The Balaban J connectivity index is 1.36. The van der Waals surface area contributed by atoms with Crippen LogP contribution in [0.15, 0.2) is 36.4 Å². The molecule has 9 heteroatoms. The maximum Gasteiger partial charge on any atom is 0.247 e. The first-order valence-corrected chi connectivity index (χ1v) is 12.1. The van der Waals surface area contributed by atoms with Crippen LogP contribution in [-0.4, -0.2) is 53.5 Å². The minimum absolute atomic E-state index is 0.131. The number of nitrogens with one attached hydrogen (secondary N) is 2. The van der Waals surface area contributed by atoms with Gasteiger partial charge in [0.1, 0.15) is 23.0 Å². The second-order valence-electron chi connectivity index (χ2n) is 10.1. The SMILES string of the molecule is CC(C)(NC(=O)[C@H]1C[C@H](c2c(-c3ccc(F)cc3)[nH]c3c(F)cc(F)cc32)C1)C(=O)N1CCOCC1. The van der Waals surface area contributed by atoms with Crippen LogP contribution in [0.25, 0.3) is 22.2 Å². The Morgan fingerprint density at radius 2 is 1.69 bits per heavy atom. The highest BCUT2D eigenvalue weighted by Gasteiger charge is 2.42. The first-order valence-electron chi connectivity index (χ1n) is 12.1. The highest BCUT2D eigenvalue weighted by molar-refractivity contribution is 5.94. The third-order valence-electron chi connectivity index (χ3n) is 7.18. The van der Waals surface area contributed by atoms with E-state index in [2.05, 4.69) is 10.3 Å². The van der Waals surface area contributed by atoms with Gasteiger partial charge in [0.15, 0.2) is 0 Å². The first-order chi connectivity index (χ1) is 17.1. The van der Waals surface area contributed by atoms with Gasteiger partial charge in [-0.2, -0.15) is 0 Å². The Labute approximate surface area is 206 Å². The van der Waals surface area contributed by atoms with E-state index in [1.54, 1.807) is 30.9 Å². The lowest BCUT2D eigenvalue weighted by atomic mass is 9.69. The summed E-state index contributed by atoms with van der Waals surface area (Å²) in [6.07, 6.45) is 0.930. The zero-order valence-electron chi connectivity index (χ0n) is 20.2. The number of amides is 2. The van der Waals surface area contributed by atoms with Crippen molar-refractivity contribution < 1.29 is 27.5 Å². The van der Waals surface area contributed by atoms with Gasteiger partial charge in [-0.15, -0.1) is 0 Å². The number of H-pyrrole nitrogens is 1. The summed E-state index contributed by atoms with van der Waals surface area (Å²) >= 11 is 0. The van der Waals surface area contributed by atoms with Crippen molar-refractivity contribution in [3.63, 3.8) is 0 Å². The normalized spacial score (nSPS) is 20.3. The Kier molecular flexibility index (Phi) is 6.28.